The van der Waals surface area contributed by atoms with Crippen LogP contribution in [-0.4, -0.2) is 40.4 Å². The second-order valence-electron chi connectivity index (χ2n) is 5.55. The topological polar surface area (TPSA) is 54.3 Å². The summed E-state index contributed by atoms with van der Waals surface area (Å²) in [6, 6.07) is 1.78. The molecule has 0 aliphatic carbocycles. The van der Waals surface area contributed by atoms with E-state index < -0.39 is 0 Å². The fourth-order valence-electron chi connectivity index (χ4n) is 2.66. The average Bonchev–Trinajstić information content (AvgIpc) is 2.97. The molecule has 1 unspecified atom stereocenters. The monoisotopic (exact) mass is 355 g/mol. The van der Waals surface area contributed by atoms with Crippen LogP contribution in [-0.2, 0) is 11.3 Å². The summed E-state index contributed by atoms with van der Waals surface area (Å²) in [7, 11) is 0. The van der Waals surface area contributed by atoms with Gasteiger partial charge in [-0.25, -0.2) is 0 Å². The summed E-state index contributed by atoms with van der Waals surface area (Å²) in [5.41, 5.74) is 0.656. The number of halogens is 1. The Bertz CT molecular complexity index is 527. The molecule has 1 N–H and O–H groups in total. The third-order valence-electron chi connectivity index (χ3n) is 3.60. The number of carbonyl (C=O) groups excluding carboxylic acids is 2. The van der Waals surface area contributed by atoms with Crippen LogP contribution in [0.25, 0.3) is 0 Å². The molecule has 0 radical (unpaired) electrons. The summed E-state index contributed by atoms with van der Waals surface area (Å²) in [5.74, 6) is 0.0986. The fourth-order valence-corrected chi connectivity index (χ4v) is 3.13. The molecule has 2 heterocycles. The molecule has 1 aromatic rings. The molecule has 0 aromatic carbocycles. The Morgan fingerprint density at radius 3 is 2.90 bits per heavy atom. The van der Waals surface area contributed by atoms with Gasteiger partial charge in [-0.15, -0.1) is 0 Å². The maximum absolute atomic E-state index is 12.4. The number of hydrogen-bond donors (Lipinski definition) is 1. The highest BCUT2D eigenvalue weighted by Crippen LogP contribution is 2.16. The summed E-state index contributed by atoms with van der Waals surface area (Å²) < 4.78 is 2.86. The zero-order chi connectivity index (χ0) is 15.4. The van der Waals surface area contributed by atoms with Gasteiger partial charge in [0.1, 0.15) is 5.69 Å². The van der Waals surface area contributed by atoms with E-state index in [1.807, 2.05) is 28.7 Å². The molecule has 0 spiro atoms. The highest BCUT2D eigenvalue weighted by Gasteiger charge is 2.23. The van der Waals surface area contributed by atoms with Gasteiger partial charge < -0.3 is 14.8 Å². The van der Waals surface area contributed by atoms with Gasteiger partial charge in [-0.1, -0.05) is 6.92 Å². The first-order valence-corrected chi connectivity index (χ1v) is 8.25. The Morgan fingerprint density at radius 2 is 2.29 bits per heavy atom. The van der Waals surface area contributed by atoms with Crippen LogP contribution in [0.3, 0.4) is 0 Å². The summed E-state index contributed by atoms with van der Waals surface area (Å²) >= 11 is 3.41. The van der Waals surface area contributed by atoms with E-state index in [9.17, 15) is 9.59 Å². The van der Waals surface area contributed by atoms with Gasteiger partial charge in [0, 0.05) is 42.8 Å². The standard InChI is InChI=1S/C15H22BrN3O2/c1-3-6-18-10-12(16)8-13(18)15(21)17-11(2)9-19-7-4-5-14(19)20/h8,10-11H,3-7,9H2,1-2H3,(H,17,21). The molecule has 6 heteroatoms. The van der Waals surface area contributed by atoms with Crippen LogP contribution in [0.15, 0.2) is 16.7 Å². The van der Waals surface area contributed by atoms with Crippen molar-refractivity contribution in [3.05, 3.63) is 22.4 Å². The van der Waals surface area contributed by atoms with Gasteiger partial charge in [-0.05, 0) is 41.8 Å². The Labute approximate surface area is 133 Å². The summed E-state index contributed by atoms with van der Waals surface area (Å²) in [6.07, 6.45) is 4.45. The van der Waals surface area contributed by atoms with Crippen molar-refractivity contribution in [3.63, 3.8) is 0 Å². The van der Waals surface area contributed by atoms with Gasteiger partial charge in [-0.3, -0.25) is 9.59 Å². The van der Waals surface area contributed by atoms with Gasteiger partial charge in [0.05, 0.1) is 0 Å². The highest BCUT2D eigenvalue weighted by molar-refractivity contribution is 9.10. The Balaban J connectivity index is 1.95. The zero-order valence-corrected chi connectivity index (χ0v) is 14.1. The third kappa shape index (κ3) is 4.09. The van der Waals surface area contributed by atoms with E-state index in [-0.39, 0.29) is 17.9 Å². The van der Waals surface area contributed by atoms with Crippen LogP contribution in [0.2, 0.25) is 0 Å². The van der Waals surface area contributed by atoms with Gasteiger partial charge in [-0.2, -0.15) is 0 Å². The lowest BCUT2D eigenvalue weighted by Crippen LogP contribution is -2.42. The number of carbonyl (C=O) groups is 2. The first-order chi connectivity index (χ1) is 10.0. The molecule has 1 atom stereocenters. The number of nitrogens with zero attached hydrogens (tertiary/aromatic N) is 2. The molecular weight excluding hydrogens is 334 g/mol. The molecule has 2 rings (SSSR count). The largest absolute Gasteiger partial charge is 0.347 e. The minimum atomic E-state index is -0.0895. The lowest BCUT2D eigenvalue weighted by molar-refractivity contribution is -0.127. The first-order valence-electron chi connectivity index (χ1n) is 7.45. The molecule has 2 amide bonds. The predicted octanol–water partition coefficient (Wildman–Crippen LogP) is 2.40. The van der Waals surface area contributed by atoms with E-state index in [0.29, 0.717) is 18.7 Å². The van der Waals surface area contributed by atoms with Crippen LogP contribution in [0.4, 0.5) is 0 Å². The molecule has 0 saturated carbocycles. The number of likely N-dealkylation sites (tertiary alicyclic amines) is 1. The lowest BCUT2D eigenvalue weighted by atomic mass is 10.3. The normalized spacial score (nSPS) is 16.3. The molecule has 1 fully saturated rings. The minimum Gasteiger partial charge on any atom is -0.347 e. The van der Waals surface area contributed by atoms with Crippen LogP contribution >= 0.6 is 15.9 Å². The molecule has 21 heavy (non-hydrogen) atoms. The third-order valence-corrected chi connectivity index (χ3v) is 4.04. The van der Waals surface area contributed by atoms with Crippen molar-refractivity contribution in [2.24, 2.45) is 0 Å². The summed E-state index contributed by atoms with van der Waals surface area (Å²) in [5, 5.41) is 2.98. The van der Waals surface area contributed by atoms with Crippen LogP contribution in [0.5, 0.6) is 0 Å². The van der Waals surface area contributed by atoms with Crippen molar-refractivity contribution in [1.82, 2.24) is 14.8 Å². The summed E-state index contributed by atoms with van der Waals surface area (Å²) in [6.45, 7) is 6.22. The predicted molar refractivity (Wildman–Crippen MR) is 85.2 cm³/mol. The second kappa shape index (κ2) is 7.11. The smallest absolute Gasteiger partial charge is 0.268 e. The maximum atomic E-state index is 12.4. The van der Waals surface area contributed by atoms with Crippen molar-refractivity contribution in [3.8, 4) is 0 Å². The molecule has 0 bridgehead atoms. The molecule has 1 aliphatic rings. The van der Waals surface area contributed by atoms with E-state index in [1.54, 1.807) is 0 Å². The number of aromatic nitrogens is 1. The quantitative estimate of drug-likeness (QED) is 0.851. The number of rotatable bonds is 6. The van der Waals surface area contributed by atoms with Crippen molar-refractivity contribution >= 4 is 27.7 Å². The van der Waals surface area contributed by atoms with E-state index >= 15 is 0 Å². The van der Waals surface area contributed by atoms with E-state index in [2.05, 4.69) is 28.2 Å². The van der Waals surface area contributed by atoms with Gasteiger partial charge in [0.15, 0.2) is 0 Å². The molecule has 1 aliphatic heterocycles. The Hall–Kier alpha value is -1.30. The van der Waals surface area contributed by atoms with Crippen molar-refractivity contribution < 1.29 is 9.59 Å². The van der Waals surface area contributed by atoms with Gasteiger partial charge in [0.25, 0.3) is 5.91 Å². The zero-order valence-electron chi connectivity index (χ0n) is 12.6. The second-order valence-corrected chi connectivity index (χ2v) is 6.47. The van der Waals surface area contributed by atoms with Crippen LogP contribution in [0.1, 0.15) is 43.6 Å². The number of amides is 2. The molecule has 116 valence electrons. The average molecular weight is 356 g/mol. The molecule has 1 saturated heterocycles. The highest BCUT2D eigenvalue weighted by atomic mass is 79.9. The van der Waals surface area contributed by atoms with Crippen molar-refractivity contribution in [2.45, 2.75) is 45.7 Å². The minimum absolute atomic E-state index is 0.0525. The number of aryl methyl sites for hydroxylation is 1. The Morgan fingerprint density at radius 1 is 1.52 bits per heavy atom. The first kappa shape index (κ1) is 16.1. The Kier molecular flexibility index (Phi) is 5.45. The van der Waals surface area contributed by atoms with Crippen LogP contribution in [0, 0.1) is 0 Å². The molecule has 1 aromatic heterocycles. The van der Waals surface area contributed by atoms with Crippen LogP contribution < -0.4 is 5.32 Å². The molecular formula is C15H22BrN3O2. The SMILES string of the molecule is CCCn1cc(Br)cc1C(=O)NC(C)CN1CCCC1=O. The van der Waals surface area contributed by atoms with Gasteiger partial charge in [0.2, 0.25) is 5.91 Å². The number of nitrogens with one attached hydrogen (secondary N) is 1. The summed E-state index contributed by atoms with van der Waals surface area (Å²) in [4.78, 5) is 25.8. The van der Waals surface area contributed by atoms with E-state index in [0.717, 1.165) is 30.4 Å². The number of hydrogen-bond acceptors (Lipinski definition) is 2. The molecule has 5 nitrogen and oxygen atoms in total. The van der Waals surface area contributed by atoms with Gasteiger partial charge >= 0.3 is 0 Å². The van der Waals surface area contributed by atoms with Crippen molar-refractivity contribution in [1.29, 1.82) is 0 Å². The van der Waals surface area contributed by atoms with E-state index in [4.69, 9.17) is 0 Å². The maximum Gasteiger partial charge on any atom is 0.268 e. The van der Waals surface area contributed by atoms with Crippen molar-refractivity contribution in [2.75, 3.05) is 13.1 Å². The fraction of sp³-hybridized carbons (Fsp3) is 0.600. The lowest BCUT2D eigenvalue weighted by Gasteiger charge is -2.22. The van der Waals surface area contributed by atoms with E-state index in [1.165, 1.54) is 0 Å².